The molecule has 1 heterocycles. The standard InChI is InChI=1S/C16H16N2O/c1-2-3-11-4-9-15-14(10-11)18-16(19-15)12-5-7-13(17)8-6-12/h4-10H,2-3,17H2,1H3. The second-order valence-corrected chi connectivity index (χ2v) is 4.69. The maximum atomic E-state index is 5.78. The van der Waals surface area contributed by atoms with Gasteiger partial charge in [-0.05, 0) is 48.4 Å². The van der Waals surface area contributed by atoms with Crippen LogP contribution in [0.2, 0.25) is 0 Å². The van der Waals surface area contributed by atoms with Crippen molar-refractivity contribution in [3.63, 3.8) is 0 Å². The minimum absolute atomic E-state index is 0.642. The molecule has 96 valence electrons. The van der Waals surface area contributed by atoms with Crippen molar-refractivity contribution < 1.29 is 4.42 Å². The number of nitrogen functional groups attached to an aromatic ring is 1. The molecule has 0 bridgehead atoms. The summed E-state index contributed by atoms with van der Waals surface area (Å²) in [4.78, 5) is 4.55. The molecule has 3 nitrogen and oxygen atoms in total. The molecular formula is C16H16N2O. The van der Waals surface area contributed by atoms with E-state index >= 15 is 0 Å². The maximum Gasteiger partial charge on any atom is 0.227 e. The number of hydrogen-bond donors (Lipinski definition) is 1. The molecule has 3 heteroatoms. The quantitative estimate of drug-likeness (QED) is 0.716. The number of hydrogen-bond acceptors (Lipinski definition) is 3. The summed E-state index contributed by atoms with van der Waals surface area (Å²) in [5, 5.41) is 0. The molecule has 0 spiro atoms. The molecule has 3 aromatic rings. The SMILES string of the molecule is CCCc1ccc2oc(-c3ccc(N)cc3)nc2c1. The van der Waals surface area contributed by atoms with Crippen LogP contribution in [0.5, 0.6) is 0 Å². The van der Waals surface area contributed by atoms with Gasteiger partial charge in [-0.25, -0.2) is 4.98 Å². The summed E-state index contributed by atoms with van der Waals surface area (Å²) in [5.74, 6) is 0.642. The van der Waals surface area contributed by atoms with E-state index in [1.807, 2.05) is 30.3 Å². The summed E-state index contributed by atoms with van der Waals surface area (Å²) >= 11 is 0. The topological polar surface area (TPSA) is 52.0 Å². The van der Waals surface area contributed by atoms with Gasteiger partial charge in [0, 0.05) is 11.3 Å². The summed E-state index contributed by atoms with van der Waals surface area (Å²) in [7, 11) is 0. The van der Waals surface area contributed by atoms with Crippen LogP contribution in [0.15, 0.2) is 46.9 Å². The molecule has 0 atom stereocenters. The van der Waals surface area contributed by atoms with Crippen molar-refractivity contribution in [3.05, 3.63) is 48.0 Å². The molecule has 0 aliphatic heterocycles. The molecule has 0 saturated heterocycles. The third-order valence-corrected chi connectivity index (χ3v) is 3.15. The summed E-state index contributed by atoms with van der Waals surface area (Å²) in [6.45, 7) is 2.17. The van der Waals surface area contributed by atoms with E-state index in [4.69, 9.17) is 10.2 Å². The van der Waals surface area contributed by atoms with Crippen molar-refractivity contribution in [3.8, 4) is 11.5 Å². The van der Waals surface area contributed by atoms with Gasteiger partial charge >= 0.3 is 0 Å². The summed E-state index contributed by atoms with van der Waals surface area (Å²) in [6.07, 6.45) is 2.20. The summed E-state index contributed by atoms with van der Waals surface area (Å²) in [5.41, 5.74) is 10.4. The molecule has 0 fully saturated rings. The molecule has 3 rings (SSSR count). The Morgan fingerprint density at radius 3 is 2.63 bits per heavy atom. The summed E-state index contributed by atoms with van der Waals surface area (Å²) in [6, 6.07) is 13.8. The Kier molecular flexibility index (Phi) is 2.95. The highest BCUT2D eigenvalue weighted by molar-refractivity contribution is 5.77. The van der Waals surface area contributed by atoms with E-state index in [-0.39, 0.29) is 0 Å². The van der Waals surface area contributed by atoms with Gasteiger partial charge in [0.15, 0.2) is 5.58 Å². The van der Waals surface area contributed by atoms with Gasteiger partial charge < -0.3 is 10.2 Å². The Morgan fingerprint density at radius 2 is 1.89 bits per heavy atom. The highest BCUT2D eigenvalue weighted by Gasteiger charge is 2.08. The Bertz CT molecular complexity index is 698. The second kappa shape index (κ2) is 4.76. The van der Waals surface area contributed by atoms with Crippen LogP contribution in [0.3, 0.4) is 0 Å². The number of benzene rings is 2. The number of anilines is 1. The predicted molar refractivity (Wildman–Crippen MR) is 77.9 cm³/mol. The fraction of sp³-hybridized carbons (Fsp3) is 0.188. The van der Waals surface area contributed by atoms with Crippen LogP contribution < -0.4 is 5.73 Å². The molecule has 1 aromatic heterocycles. The van der Waals surface area contributed by atoms with Crippen LogP contribution in [-0.4, -0.2) is 4.98 Å². The first kappa shape index (κ1) is 11.8. The lowest BCUT2D eigenvalue weighted by Gasteiger charge is -1.95. The largest absolute Gasteiger partial charge is 0.436 e. The third-order valence-electron chi connectivity index (χ3n) is 3.15. The minimum Gasteiger partial charge on any atom is -0.436 e. The zero-order valence-electron chi connectivity index (χ0n) is 10.9. The second-order valence-electron chi connectivity index (χ2n) is 4.69. The van der Waals surface area contributed by atoms with Gasteiger partial charge in [0.25, 0.3) is 0 Å². The number of fused-ring (bicyclic) bond motifs is 1. The number of nitrogens with zero attached hydrogens (tertiary/aromatic N) is 1. The minimum atomic E-state index is 0.642. The number of rotatable bonds is 3. The Morgan fingerprint density at radius 1 is 1.11 bits per heavy atom. The molecular weight excluding hydrogens is 236 g/mol. The van der Waals surface area contributed by atoms with Crippen LogP contribution in [0.1, 0.15) is 18.9 Å². The molecule has 0 aliphatic rings. The first-order chi connectivity index (χ1) is 9.26. The lowest BCUT2D eigenvalue weighted by Crippen LogP contribution is -1.84. The van der Waals surface area contributed by atoms with Gasteiger partial charge in [0.05, 0.1) is 0 Å². The molecule has 2 N–H and O–H groups in total. The third kappa shape index (κ3) is 2.32. The normalized spacial score (nSPS) is 11.0. The molecule has 0 aliphatic carbocycles. The fourth-order valence-electron chi connectivity index (χ4n) is 2.17. The lowest BCUT2D eigenvalue weighted by atomic mass is 10.1. The summed E-state index contributed by atoms with van der Waals surface area (Å²) < 4.78 is 5.78. The highest BCUT2D eigenvalue weighted by atomic mass is 16.3. The molecule has 19 heavy (non-hydrogen) atoms. The first-order valence-electron chi connectivity index (χ1n) is 6.51. The zero-order chi connectivity index (χ0) is 13.2. The van der Waals surface area contributed by atoms with Crippen LogP contribution in [-0.2, 0) is 6.42 Å². The first-order valence-corrected chi connectivity index (χ1v) is 6.51. The van der Waals surface area contributed by atoms with Crippen molar-refractivity contribution in [2.75, 3.05) is 5.73 Å². The molecule has 0 radical (unpaired) electrons. The average molecular weight is 252 g/mol. The van der Waals surface area contributed by atoms with E-state index in [2.05, 4.69) is 24.0 Å². The number of aryl methyl sites for hydroxylation is 1. The molecule has 0 unspecified atom stereocenters. The van der Waals surface area contributed by atoms with Crippen molar-refractivity contribution in [2.45, 2.75) is 19.8 Å². The van der Waals surface area contributed by atoms with Gasteiger partial charge in [-0.2, -0.15) is 0 Å². The average Bonchev–Trinajstić information content (AvgIpc) is 2.83. The van der Waals surface area contributed by atoms with E-state index in [0.29, 0.717) is 5.89 Å². The van der Waals surface area contributed by atoms with E-state index in [1.165, 1.54) is 5.56 Å². The number of nitrogens with two attached hydrogens (primary N) is 1. The Balaban J connectivity index is 2.03. The highest BCUT2D eigenvalue weighted by Crippen LogP contribution is 2.25. The van der Waals surface area contributed by atoms with Gasteiger partial charge in [0.2, 0.25) is 5.89 Å². The Labute approximate surface area is 112 Å². The zero-order valence-corrected chi connectivity index (χ0v) is 10.9. The number of aromatic nitrogens is 1. The van der Waals surface area contributed by atoms with Gasteiger partial charge in [-0.1, -0.05) is 19.4 Å². The van der Waals surface area contributed by atoms with Crippen molar-refractivity contribution in [2.24, 2.45) is 0 Å². The molecule has 2 aromatic carbocycles. The van der Waals surface area contributed by atoms with E-state index < -0.39 is 0 Å². The van der Waals surface area contributed by atoms with Crippen LogP contribution in [0, 0.1) is 0 Å². The predicted octanol–water partition coefficient (Wildman–Crippen LogP) is 4.03. The van der Waals surface area contributed by atoms with Crippen molar-refractivity contribution >= 4 is 16.8 Å². The maximum absolute atomic E-state index is 5.78. The van der Waals surface area contributed by atoms with Crippen LogP contribution in [0.25, 0.3) is 22.6 Å². The van der Waals surface area contributed by atoms with Crippen molar-refractivity contribution in [1.29, 1.82) is 0 Å². The van der Waals surface area contributed by atoms with Gasteiger partial charge in [0.1, 0.15) is 5.52 Å². The van der Waals surface area contributed by atoms with Gasteiger partial charge in [-0.3, -0.25) is 0 Å². The smallest absolute Gasteiger partial charge is 0.227 e. The number of oxazole rings is 1. The van der Waals surface area contributed by atoms with Crippen LogP contribution in [0.4, 0.5) is 5.69 Å². The van der Waals surface area contributed by atoms with E-state index in [0.717, 1.165) is 35.2 Å². The molecule has 0 amide bonds. The van der Waals surface area contributed by atoms with Crippen LogP contribution >= 0.6 is 0 Å². The van der Waals surface area contributed by atoms with Crippen molar-refractivity contribution in [1.82, 2.24) is 4.98 Å². The van der Waals surface area contributed by atoms with Gasteiger partial charge in [-0.15, -0.1) is 0 Å². The fourth-order valence-corrected chi connectivity index (χ4v) is 2.17. The lowest BCUT2D eigenvalue weighted by molar-refractivity contribution is 0.620. The monoisotopic (exact) mass is 252 g/mol. The Hall–Kier alpha value is -2.29. The molecule has 0 saturated carbocycles. The van der Waals surface area contributed by atoms with E-state index in [1.54, 1.807) is 0 Å². The van der Waals surface area contributed by atoms with E-state index in [9.17, 15) is 0 Å².